The molecule has 2 fully saturated rings. The number of carbonyl (C=O) groups excluding carboxylic acids is 2. The lowest BCUT2D eigenvalue weighted by Crippen LogP contribution is -2.52. The molecular weight excluding hydrogens is 280 g/mol. The third kappa shape index (κ3) is 3.55. The first kappa shape index (κ1) is 14.8. The molecular formula is C16H22N4O2. The van der Waals surface area contributed by atoms with Crippen LogP contribution in [-0.2, 0) is 9.59 Å². The van der Waals surface area contributed by atoms with Crippen LogP contribution < -0.4 is 10.6 Å². The second kappa shape index (κ2) is 6.77. The molecule has 1 aliphatic heterocycles. The number of nitrogens with zero attached hydrogens (tertiary/aromatic N) is 2. The van der Waals surface area contributed by atoms with Crippen LogP contribution in [0.1, 0.15) is 25.7 Å². The zero-order valence-electron chi connectivity index (χ0n) is 12.6. The Morgan fingerprint density at radius 3 is 2.77 bits per heavy atom. The summed E-state index contributed by atoms with van der Waals surface area (Å²) in [5.74, 6) is 1.05. The van der Waals surface area contributed by atoms with Gasteiger partial charge in [0, 0.05) is 31.2 Å². The Bertz CT molecular complexity index is 526. The van der Waals surface area contributed by atoms with Crippen LogP contribution in [-0.4, -0.2) is 47.4 Å². The van der Waals surface area contributed by atoms with Crippen molar-refractivity contribution in [2.75, 3.05) is 25.0 Å². The molecule has 0 radical (unpaired) electrons. The van der Waals surface area contributed by atoms with Crippen LogP contribution in [0, 0.1) is 5.92 Å². The van der Waals surface area contributed by atoms with Crippen molar-refractivity contribution in [2.24, 2.45) is 5.92 Å². The molecule has 1 aromatic heterocycles. The second-order valence-corrected chi connectivity index (χ2v) is 6.02. The van der Waals surface area contributed by atoms with Crippen LogP contribution in [0.25, 0.3) is 0 Å². The van der Waals surface area contributed by atoms with Gasteiger partial charge in [0.2, 0.25) is 11.8 Å². The van der Waals surface area contributed by atoms with E-state index in [1.807, 2.05) is 18.2 Å². The van der Waals surface area contributed by atoms with Crippen molar-refractivity contribution in [1.29, 1.82) is 0 Å². The molecule has 3 rings (SSSR count). The number of pyridine rings is 1. The number of nitrogens with one attached hydrogen (secondary N) is 2. The molecule has 0 aromatic carbocycles. The van der Waals surface area contributed by atoms with Crippen molar-refractivity contribution < 1.29 is 9.59 Å². The van der Waals surface area contributed by atoms with Crippen LogP contribution in [0.3, 0.4) is 0 Å². The summed E-state index contributed by atoms with van der Waals surface area (Å²) in [6.07, 6.45) is 5.46. The van der Waals surface area contributed by atoms with Crippen LogP contribution in [0.2, 0.25) is 0 Å². The summed E-state index contributed by atoms with van der Waals surface area (Å²) in [5, 5.41) is 6.18. The van der Waals surface area contributed by atoms with Crippen molar-refractivity contribution in [3.05, 3.63) is 24.4 Å². The molecule has 0 atom stereocenters. The standard InChI is InChI=1S/C16H22N4O2/c21-15-11-20(10-9-18-15)16(22)12-4-6-13(7-5-12)19-14-3-1-2-8-17-14/h1-3,8,12-13H,4-7,9-11H2,(H,17,19)(H,18,21). The maximum absolute atomic E-state index is 12.5. The van der Waals surface area contributed by atoms with E-state index in [0.29, 0.717) is 19.1 Å². The quantitative estimate of drug-likeness (QED) is 0.874. The SMILES string of the molecule is O=C1CN(C(=O)C2CCC(Nc3ccccn3)CC2)CCN1. The van der Waals surface area contributed by atoms with Crippen molar-refractivity contribution in [1.82, 2.24) is 15.2 Å². The molecule has 2 aliphatic rings. The molecule has 22 heavy (non-hydrogen) atoms. The smallest absolute Gasteiger partial charge is 0.239 e. The van der Waals surface area contributed by atoms with Crippen molar-refractivity contribution in [3.8, 4) is 0 Å². The minimum Gasteiger partial charge on any atom is -0.367 e. The summed E-state index contributed by atoms with van der Waals surface area (Å²) in [4.78, 5) is 29.9. The molecule has 0 spiro atoms. The Balaban J connectivity index is 1.49. The lowest BCUT2D eigenvalue weighted by molar-refractivity contribution is -0.142. The highest BCUT2D eigenvalue weighted by Crippen LogP contribution is 2.27. The van der Waals surface area contributed by atoms with Crippen LogP contribution >= 0.6 is 0 Å². The summed E-state index contributed by atoms with van der Waals surface area (Å²) in [6.45, 7) is 1.42. The third-order valence-electron chi connectivity index (χ3n) is 4.44. The van der Waals surface area contributed by atoms with Crippen molar-refractivity contribution >= 4 is 17.6 Å². The van der Waals surface area contributed by atoms with Gasteiger partial charge in [0.1, 0.15) is 5.82 Å². The molecule has 2 N–H and O–H groups in total. The Morgan fingerprint density at radius 2 is 2.09 bits per heavy atom. The van der Waals surface area contributed by atoms with E-state index in [1.165, 1.54) is 0 Å². The molecule has 1 saturated heterocycles. The molecule has 1 aliphatic carbocycles. The second-order valence-electron chi connectivity index (χ2n) is 6.02. The Kier molecular flexibility index (Phi) is 4.56. The maximum atomic E-state index is 12.5. The molecule has 118 valence electrons. The van der Waals surface area contributed by atoms with Gasteiger partial charge in [0.25, 0.3) is 0 Å². The topological polar surface area (TPSA) is 74.3 Å². The molecule has 2 amide bonds. The first-order valence-corrected chi connectivity index (χ1v) is 7.95. The lowest BCUT2D eigenvalue weighted by Gasteiger charge is -2.34. The summed E-state index contributed by atoms with van der Waals surface area (Å²) < 4.78 is 0. The number of rotatable bonds is 3. The highest BCUT2D eigenvalue weighted by atomic mass is 16.2. The van der Waals surface area contributed by atoms with Crippen LogP contribution in [0.15, 0.2) is 24.4 Å². The number of aromatic nitrogens is 1. The lowest BCUT2D eigenvalue weighted by atomic mass is 9.85. The first-order chi connectivity index (χ1) is 10.7. The van der Waals surface area contributed by atoms with Gasteiger partial charge in [-0.15, -0.1) is 0 Å². The fraction of sp³-hybridized carbons (Fsp3) is 0.562. The van der Waals surface area contributed by atoms with Gasteiger partial charge in [-0.05, 0) is 37.8 Å². The first-order valence-electron chi connectivity index (χ1n) is 7.95. The predicted molar refractivity (Wildman–Crippen MR) is 83.2 cm³/mol. The highest BCUT2D eigenvalue weighted by molar-refractivity contribution is 5.87. The molecule has 0 unspecified atom stereocenters. The Labute approximate surface area is 130 Å². The van der Waals surface area contributed by atoms with Gasteiger partial charge in [-0.25, -0.2) is 4.98 Å². The van der Waals surface area contributed by atoms with Gasteiger partial charge in [0.15, 0.2) is 0 Å². The molecule has 6 heteroatoms. The molecule has 6 nitrogen and oxygen atoms in total. The Morgan fingerprint density at radius 1 is 1.27 bits per heavy atom. The van der Waals surface area contributed by atoms with Gasteiger partial charge in [0.05, 0.1) is 6.54 Å². The minimum absolute atomic E-state index is 0.0508. The normalized spacial score (nSPS) is 25.5. The number of hydrogen-bond acceptors (Lipinski definition) is 4. The number of amides is 2. The van der Waals surface area contributed by atoms with Gasteiger partial charge in [-0.2, -0.15) is 0 Å². The van der Waals surface area contributed by atoms with Crippen LogP contribution in [0.4, 0.5) is 5.82 Å². The van der Waals surface area contributed by atoms with E-state index in [0.717, 1.165) is 31.5 Å². The summed E-state index contributed by atoms with van der Waals surface area (Å²) in [5.41, 5.74) is 0. The molecule has 1 aromatic rings. The summed E-state index contributed by atoms with van der Waals surface area (Å²) in [6, 6.07) is 6.20. The van der Waals surface area contributed by atoms with Crippen LogP contribution in [0.5, 0.6) is 0 Å². The average Bonchev–Trinajstić information content (AvgIpc) is 2.56. The van der Waals surface area contributed by atoms with E-state index in [2.05, 4.69) is 15.6 Å². The van der Waals surface area contributed by atoms with E-state index in [-0.39, 0.29) is 24.3 Å². The van der Waals surface area contributed by atoms with E-state index in [9.17, 15) is 9.59 Å². The third-order valence-corrected chi connectivity index (χ3v) is 4.44. The molecule has 0 bridgehead atoms. The fourth-order valence-corrected chi connectivity index (χ4v) is 3.23. The zero-order chi connectivity index (χ0) is 15.4. The van der Waals surface area contributed by atoms with Gasteiger partial charge in [-0.3, -0.25) is 9.59 Å². The number of piperazine rings is 1. The van der Waals surface area contributed by atoms with Gasteiger partial charge in [-0.1, -0.05) is 6.07 Å². The van der Waals surface area contributed by atoms with Gasteiger partial charge >= 0.3 is 0 Å². The average molecular weight is 302 g/mol. The summed E-state index contributed by atoms with van der Waals surface area (Å²) in [7, 11) is 0. The minimum atomic E-state index is -0.0508. The predicted octanol–water partition coefficient (Wildman–Crippen LogP) is 1.01. The molecule has 1 saturated carbocycles. The van der Waals surface area contributed by atoms with E-state index in [4.69, 9.17) is 0 Å². The molecule has 2 heterocycles. The van der Waals surface area contributed by atoms with Gasteiger partial charge < -0.3 is 15.5 Å². The highest BCUT2D eigenvalue weighted by Gasteiger charge is 2.31. The zero-order valence-corrected chi connectivity index (χ0v) is 12.6. The van der Waals surface area contributed by atoms with E-state index < -0.39 is 0 Å². The largest absolute Gasteiger partial charge is 0.367 e. The monoisotopic (exact) mass is 302 g/mol. The number of anilines is 1. The summed E-state index contributed by atoms with van der Waals surface area (Å²) >= 11 is 0. The Hall–Kier alpha value is -2.11. The van der Waals surface area contributed by atoms with Crippen molar-refractivity contribution in [3.63, 3.8) is 0 Å². The number of carbonyl (C=O) groups is 2. The maximum Gasteiger partial charge on any atom is 0.239 e. The van der Waals surface area contributed by atoms with E-state index >= 15 is 0 Å². The van der Waals surface area contributed by atoms with Crippen molar-refractivity contribution in [2.45, 2.75) is 31.7 Å². The number of hydrogen-bond donors (Lipinski definition) is 2. The fourth-order valence-electron chi connectivity index (χ4n) is 3.23. The van der Waals surface area contributed by atoms with E-state index in [1.54, 1.807) is 11.1 Å².